The molecule has 1 atom stereocenters. The molecule has 164 valence electrons. The quantitative estimate of drug-likeness (QED) is 0.514. The van der Waals surface area contributed by atoms with Gasteiger partial charge < -0.3 is 10.2 Å². The van der Waals surface area contributed by atoms with E-state index in [2.05, 4.69) is 77.6 Å². The topological polar surface area (TPSA) is 63.1 Å². The minimum atomic E-state index is -0.0170. The standard InChI is InChI=1S/C24H31N5OS/c1-6-19-8-10-20(11-9-19)22(28(4)5)14-25-23(30)15-31-24-27-26-16-29(24)21-12-7-17(2)18(3)13-21/h7-13,16,22H,6,14-15H2,1-5H3,(H,25,30). The van der Waals surface area contributed by atoms with Crippen LogP contribution in [0.1, 0.15) is 35.2 Å². The Morgan fingerprint density at radius 3 is 2.52 bits per heavy atom. The second-order valence-electron chi connectivity index (χ2n) is 7.92. The number of hydrogen-bond donors (Lipinski definition) is 1. The molecule has 3 rings (SSSR count). The van der Waals surface area contributed by atoms with E-state index in [1.807, 2.05) is 24.7 Å². The molecule has 3 aromatic rings. The molecule has 1 amide bonds. The zero-order chi connectivity index (χ0) is 22.4. The lowest BCUT2D eigenvalue weighted by Gasteiger charge is -2.25. The summed E-state index contributed by atoms with van der Waals surface area (Å²) < 4.78 is 1.92. The molecule has 0 aliphatic heterocycles. The Morgan fingerprint density at radius 2 is 1.87 bits per heavy atom. The molecule has 0 aliphatic rings. The molecule has 0 saturated heterocycles. The van der Waals surface area contributed by atoms with Crippen LogP contribution < -0.4 is 5.32 Å². The lowest BCUT2D eigenvalue weighted by Crippen LogP contribution is -2.35. The van der Waals surface area contributed by atoms with Gasteiger partial charge in [-0.1, -0.05) is 49.0 Å². The number of thioether (sulfide) groups is 1. The molecule has 31 heavy (non-hydrogen) atoms. The number of hydrogen-bond acceptors (Lipinski definition) is 5. The number of rotatable bonds is 9. The molecule has 0 aliphatic carbocycles. The highest BCUT2D eigenvalue weighted by Crippen LogP contribution is 2.22. The van der Waals surface area contributed by atoms with E-state index in [4.69, 9.17) is 0 Å². The summed E-state index contributed by atoms with van der Waals surface area (Å²) >= 11 is 1.39. The van der Waals surface area contributed by atoms with Gasteiger partial charge in [-0.25, -0.2) is 0 Å². The maximum absolute atomic E-state index is 12.5. The summed E-state index contributed by atoms with van der Waals surface area (Å²) in [5, 5.41) is 12.0. The van der Waals surface area contributed by atoms with Crippen molar-refractivity contribution in [3.05, 3.63) is 71.0 Å². The summed E-state index contributed by atoms with van der Waals surface area (Å²) in [6, 6.07) is 15.0. The maximum atomic E-state index is 12.5. The molecule has 1 unspecified atom stereocenters. The molecule has 6 nitrogen and oxygen atoms in total. The van der Waals surface area contributed by atoms with Gasteiger partial charge in [0.2, 0.25) is 5.91 Å². The lowest BCUT2D eigenvalue weighted by molar-refractivity contribution is -0.118. The smallest absolute Gasteiger partial charge is 0.230 e. The van der Waals surface area contributed by atoms with Crippen LogP contribution in [0.4, 0.5) is 0 Å². The Labute approximate surface area is 189 Å². The van der Waals surface area contributed by atoms with Crippen LogP contribution in [0.25, 0.3) is 5.69 Å². The van der Waals surface area contributed by atoms with Gasteiger partial charge in [-0.15, -0.1) is 10.2 Å². The van der Waals surface area contributed by atoms with Crippen molar-refractivity contribution in [1.82, 2.24) is 25.0 Å². The average Bonchev–Trinajstić information content (AvgIpc) is 3.23. The van der Waals surface area contributed by atoms with Crippen molar-refractivity contribution >= 4 is 17.7 Å². The predicted molar refractivity (Wildman–Crippen MR) is 127 cm³/mol. The van der Waals surface area contributed by atoms with Crippen LogP contribution in [0, 0.1) is 13.8 Å². The molecule has 1 aromatic heterocycles. The second kappa shape index (κ2) is 10.6. The number of nitrogens with zero attached hydrogens (tertiary/aromatic N) is 4. The van der Waals surface area contributed by atoms with Crippen LogP contribution in [0.15, 0.2) is 53.9 Å². The molecular formula is C24H31N5OS. The van der Waals surface area contributed by atoms with Crippen molar-refractivity contribution in [2.75, 3.05) is 26.4 Å². The number of aromatic nitrogens is 3. The summed E-state index contributed by atoms with van der Waals surface area (Å²) in [5.74, 6) is 0.273. The summed E-state index contributed by atoms with van der Waals surface area (Å²) in [4.78, 5) is 14.7. The minimum Gasteiger partial charge on any atom is -0.353 e. The Kier molecular flexibility index (Phi) is 7.87. The summed E-state index contributed by atoms with van der Waals surface area (Å²) in [6.07, 6.45) is 2.71. The molecule has 2 aromatic carbocycles. The zero-order valence-electron chi connectivity index (χ0n) is 18.9. The lowest BCUT2D eigenvalue weighted by atomic mass is 10.0. The Hall–Kier alpha value is -2.64. The normalized spacial score (nSPS) is 12.2. The summed E-state index contributed by atoms with van der Waals surface area (Å²) in [7, 11) is 4.07. The van der Waals surface area contributed by atoms with Crippen molar-refractivity contribution in [3.8, 4) is 5.69 Å². The van der Waals surface area contributed by atoms with Crippen molar-refractivity contribution in [1.29, 1.82) is 0 Å². The van der Waals surface area contributed by atoms with Crippen molar-refractivity contribution in [2.45, 2.75) is 38.4 Å². The van der Waals surface area contributed by atoms with E-state index < -0.39 is 0 Å². The fraction of sp³-hybridized carbons (Fsp3) is 0.375. The number of carbonyl (C=O) groups excluding carboxylic acids is 1. The third kappa shape index (κ3) is 5.95. The van der Waals surface area contributed by atoms with Gasteiger partial charge in [-0.2, -0.15) is 0 Å². The molecule has 0 spiro atoms. The van der Waals surface area contributed by atoms with E-state index in [0.717, 1.165) is 12.1 Å². The van der Waals surface area contributed by atoms with Crippen LogP contribution in [0.2, 0.25) is 0 Å². The Balaban J connectivity index is 1.58. The number of carbonyl (C=O) groups is 1. The number of aryl methyl sites for hydroxylation is 3. The average molecular weight is 438 g/mol. The first kappa shape index (κ1) is 23.0. The van der Waals surface area contributed by atoms with E-state index in [-0.39, 0.29) is 11.9 Å². The highest BCUT2D eigenvalue weighted by Gasteiger charge is 2.16. The first-order chi connectivity index (χ1) is 14.9. The van der Waals surface area contributed by atoms with Gasteiger partial charge >= 0.3 is 0 Å². The number of benzene rings is 2. The van der Waals surface area contributed by atoms with E-state index in [9.17, 15) is 4.79 Å². The first-order valence-electron chi connectivity index (χ1n) is 10.5. The van der Waals surface area contributed by atoms with Gasteiger partial charge in [-0.05, 0) is 68.8 Å². The zero-order valence-corrected chi connectivity index (χ0v) is 19.7. The van der Waals surface area contributed by atoms with Crippen molar-refractivity contribution < 1.29 is 4.79 Å². The fourth-order valence-corrected chi connectivity index (χ4v) is 4.10. The van der Waals surface area contributed by atoms with E-state index >= 15 is 0 Å². The van der Waals surface area contributed by atoms with Gasteiger partial charge in [0.1, 0.15) is 6.33 Å². The molecule has 1 N–H and O–H groups in total. The van der Waals surface area contributed by atoms with E-state index in [1.54, 1.807) is 6.33 Å². The first-order valence-corrected chi connectivity index (χ1v) is 11.5. The largest absolute Gasteiger partial charge is 0.353 e. The molecular weight excluding hydrogens is 406 g/mol. The molecule has 7 heteroatoms. The molecule has 0 fully saturated rings. The van der Waals surface area contributed by atoms with Gasteiger partial charge in [-0.3, -0.25) is 9.36 Å². The predicted octanol–water partition coefficient (Wildman–Crippen LogP) is 3.96. The van der Waals surface area contributed by atoms with Gasteiger partial charge in [0.25, 0.3) is 0 Å². The maximum Gasteiger partial charge on any atom is 0.230 e. The third-order valence-electron chi connectivity index (χ3n) is 5.51. The number of nitrogens with one attached hydrogen (secondary N) is 1. The Bertz CT molecular complexity index is 1010. The van der Waals surface area contributed by atoms with E-state index in [1.165, 1.54) is 34.0 Å². The highest BCUT2D eigenvalue weighted by molar-refractivity contribution is 7.99. The summed E-state index contributed by atoms with van der Waals surface area (Å²) in [5.41, 5.74) is 5.96. The van der Waals surface area contributed by atoms with Gasteiger partial charge in [0.05, 0.1) is 11.8 Å². The van der Waals surface area contributed by atoms with Crippen LogP contribution in [-0.2, 0) is 11.2 Å². The summed E-state index contributed by atoms with van der Waals surface area (Å²) in [6.45, 7) is 6.88. The number of likely N-dealkylation sites (N-methyl/N-ethyl adjacent to an activating group) is 1. The second-order valence-corrected chi connectivity index (χ2v) is 8.86. The van der Waals surface area contributed by atoms with Gasteiger partial charge in [0, 0.05) is 12.2 Å². The fourth-order valence-electron chi connectivity index (χ4n) is 3.34. The molecule has 1 heterocycles. The van der Waals surface area contributed by atoms with Gasteiger partial charge in [0.15, 0.2) is 5.16 Å². The third-order valence-corrected chi connectivity index (χ3v) is 6.45. The Morgan fingerprint density at radius 1 is 1.13 bits per heavy atom. The molecule has 0 saturated carbocycles. The molecule has 0 bridgehead atoms. The van der Waals surface area contributed by atoms with Crippen molar-refractivity contribution in [2.24, 2.45) is 0 Å². The minimum absolute atomic E-state index is 0.0170. The monoisotopic (exact) mass is 437 g/mol. The highest BCUT2D eigenvalue weighted by atomic mass is 32.2. The van der Waals surface area contributed by atoms with Crippen LogP contribution in [-0.4, -0.2) is 52.0 Å². The number of amides is 1. The van der Waals surface area contributed by atoms with Crippen LogP contribution in [0.3, 0.4) is 0 Å². The molecule has 0 radical (unpaired) electrons. The van der Waals surface area contributed by atoms with Crippen LogP contribution >= 0.6 is 11.8 Å². The van der Waals surface area contributed by atoms with Crippen molar-refractivity contribution in [3.63, 3.8) is 0 Å². The van der Waals surface area contributed by atoms with E-state index in [0.29, 0.717) is 17.5 Å². The SMILES string of the molecule is CCc1ccc(C(CNC(=O)CSc2nncn2-c2ccc(C)c(C)c2)N(C)C)cc1. The van der Waals surface area contributed by atoms with Crippen LogP contribution in [0.5, 0.6) is 0 Å².